The molecule has 0 aromatic rings. The van der Waals surface area contributed by atoms with E-state index in [9.17, 15) is 4.79 Å². The monoisotopic (exact) mass is 182 g/mol. The first kappa shape index (κ1) is 10.1. The van der Waals surface area contributed by atoms with Gasteiger partial charge in [0.25, 0.3) is 0 Å². The normalized spacial score (nSPS) is 13.0. The highest BCUT2D eigenvalue weighted by Gasteiger charge is 2.01. The average molecular weight is 182 g/mol. The molecule has 1 atom stereocenters. The molecule has 5 heteroatoms. The van der Waals surface area contributed by atoms with Gasteiger partial charge in [-0.1, -0.05) is 0 Å². The number of carboxylic acids is 1. The predicted octanol–water partition coefficient (Wildman–Crippen LogP) is 0.316. The Morgan fingerprint density at radius 3 is 2.70 bits per heavy atom. The van der Waals surface area contributed by atoms with Crippen molar-refractivity contribution in [2.75, 3.05) is 19.0 Å². The molecule has 0 radical (unpaired) electrons. The predicted molar refractivity (Wildman–Crippen MR) is 45.1 cm³/mol. The lowest BCUT2D eigenvalue weighted by Gasteiger charge is -2.05. The molecule has 10 heavy (non-hydrogen) atoms. The minimum Gasteiger partial charge on any atom is -0.480 e. The molecule has 0 bridgehead atoms. The maximum Gasteiger partial charge on any atom is 0.329 e. The van der Waals surface area contributed by atoms with E-state index in [4.69, 9.17) is 9.84 Å². The molecule has 0 fully saturated rings. The fourth-order valence-corrected chi connectivity index (χ4v) is 0.546. The zero-order valence-corrected chi connectivity index (χ0v) is 7.15. The number of carboxylic acid groups (broad SMARTS) is 1. The Hall–Kier alpha value is 0.130. The molecule has 0 aliphatic rings. The van der Waals surface area contributed by atoms with Gasteiger partial charge in [-0.3, -0.25) is 0 Å². The number of aliphatic carboxylic acids is 1. The van der Waals surface area contributed by atoms with Crippen molar-refractivity contribution in [3.8, 4) is 0 Å². The van der Waals surface area contributed by atoms with Crippen molar-refractivity contribution in [3.63, 3.8) is 0 Å². The molecule has 1 unspecified atom stereocenters. The van der Waals surface area contributed by atoms with Gasteiger partial charge in [0.1, 0.15) is 6.61 Å². The van der Waals surface area contributed by atoms with Crippen LogP contribution in [0, 0.1) is 0 Å². The van der Waals surface area contributed by atoms with Gasteiger partial charge in [-0.2, -0.15) is 25.3 Å². The Kier molecular flexibility index (Phi) is 5.96. The summed E-state index contributed by atoms with van der Waals surface area (Å²) in [5.74, 6) is -0.373. The van der Waals surface area contributed by atoms with Crippen LogP contribution in [0.25, 0.3) is 0 Å². The van der Waals surface area contributed by atoms with E-state index in [-0.39, 0.29) is 11.9 Å². The number of hydrogen-bond donors (Lipinski definition) is 3. The molecule has 3 nitrogen and oxygen atoms in total. The van der Waals surface area contributed by atoms with Crippen LogP contribution in [0.1, 0.15) is 0 Å². The first-order chi connectivity index (χ1) is 4.66. The number of ether oxygens (including phenoxy) is 1. The molecule has 0 aromatic carbocycles. The lowest BCUT2D eigenvalue weighted by molar-refractivity contribution is -0.142. The van der Waals surface area contributed by atoms with Crippen molar-refractivity contribution in [1.82, 2.24) is 0 Å². The first-order valence-corrected chi connectivity index (χ1v) is 3.90. The Labute approximate surface area is 70.6 Å². The van der Waals surface area contributed by atoms with Gasteiger partial charge in [-0.15, -0.1) is 0 Å². The summed E-state index contributed by atoms with van der Waals surface area (Å²) in [7, 11) is 0. The summed E-state index contributed by atoms with van der Waals surface area (Å²) < 4.78 is 4.72. The van der Waals surface area contributed by atoms with E-state index in [0.29, 0.717) is 12.4 Å². The topological polar surface area (TPSA) is 46.5 Å². The highest BCUT2D eigenvalue weighted by atomic mass is 32.1. The smallest absolute Gasteiger partial charge is 0.329 e. The summed E-state index contributed by atoms with van der Waals surface area (Å²) in [6, 6.07) is 0. The second-order valence-corrected chi connectivity index (χ2v) is 2.84. The number of thiol groups is 2. The lowest BCUT2D eigenvalue weighted by atomic mass is 10.5. The zero-order chi connectivity index (χ0) is 7.98. The standard InChI is InChI=1S/C5H10O3S2/c6-5(7)2-8-1-4(10)3-9/h4,9-10H,1-3H2,(H,6,7). The van der Waals surface area contributed by atoms with Crippen LogP contribution in [-0.4, -0.2) is 35.3 Å². The van der Waals surface area contributed by atoms with Crippen molar-refractivity contribution in [2.24, 2.45) is 0 Å². The van der Waals surface area contributed by atoms with E-state index < -0.39 is 5.97 Å². The van der Waals surface area contributed by atoms with Crippen LogP contribution in [0.5, 0.6) is 0 Å². The van der Waals surface area contributed by atoms with Gasteiger partial charge < -0.3 is 9.84 Å². The molecule has 0 saturated carbocycles. The first-order valence-electron chi connectivity index (χ1n) is 2.75. The summed E-state index contributed by atoms with van der Waals surface area (Å²) >= 11 is 7.97. The summed E-state index contributed by atoms with van der Waals surface area (Å²) in [4.78, 5) is 9.90. The third-order valence-corrected chi connectivity index (χ3v) is 1.81. The highest BCUT2D eigenvalue weighted by Crippen LogP contribution is 1.97. The van der Waals surface area contributed by atoms with Crippen molar-refractivity contribution >= 4 is 31.2 Å². The Balaban J connectivity index is 3.11. The minimum absolute atomic E-state index is 0.0164. The molecule has 0 heterocycles. The van der Waals surface area contributed by atoms with E-state index in [2.05, 4.69) is 25.3 Å². The SMILES string of the molecule is O=C(O)COCC(S)CS. The van der Waals surface area contributed by atoms with E-state index in [1.807, 2.05) is 0 Å². The quantitative estimate of drug-likeness (QED) is 0.536. The molecule has 0 rings (SSSR count). The largest absolute Gasteiger partial charge is 0.480 e. The van der Waals surface area contributed by atoms with Crippen molar-refractivity contribution in [1.29, 1.82) is 0 Å². The van der Waals surface area contributed by atoms with Crippen LogP contribution in [-0.2, 0) is 9.53 Å². The fraction of sp³-hybridized carbons (Fsp3) is 0.800. The minimum atomic E-state index is -0.959. The Bertz CT molecular complexity index is 107. The summed E-state index contributed by atoms with van der Waals surface area (Å²) in [5, 5.41) is 8.15. The molecular weight excluding hydrogens is 172 g/mol. The highest BCUT2D eigenvalue weighted by molar-refractivity contribution is 7.84. The number of rotatable bonds is 5. The van der Waals surface area contributed by atoms with Crippen LogP contribution in [0.3, 0.4) is 0 Å². The molecule has 1 N–H and O–H groups in total. The summed E-state index contributed by atoms with van der Waals surface area (Å²) in [6.45, 7) is 0.0732. The van der Waals surface area contributed by atoms with Crippen molar-refractivity contribution < 1.29 is 14.6 Å². The summed E-state index contributed by atoms with van der Waals surface area (Å²) in [6.07, 6.45) is 0. The number of carbonyl (C=O) groups is 1. The van der Waals surface area contributed by atoms with Gasteiger partial charge in [-0.25, -0.2) is 4.79 Å². The van der Waals surface area contributed by atoms with Gasteiger partial charge in [-0.05, 0) is 0 Å². The van der Waals surface area contributed by atoms with Crippen LogP contribution in [0.4, 0.5) is 0 Å². The van der Waals surface area contributed by atoms with Gasteiger partial charge in [0.05, 0.1) is 6.61 Å². The Morgan fingerprint density at radius 1 is 1.70 bits per heavy atom. The van der Waals surface area contributed by atoms with E-state index in [1.165, 1.54) is 0 Å². The van der Waals surface area contributed by atoms with E-state index in [1.54, 1.807) is 0 Å². The zero-order valence-electron chi connectivity index (χ0n) is 5.36. The van der Waals surface area contributed by atoms with Gasteiger partial charge in [0.15, 0.2) is 0 Å². The second kappa shape index (κ2) is 5.88. The van der Waals surface area contributed by atoms with E-state index >= 15 is 0 Å². The molecule has 0 aliphatic heterocycles. The summed E-state index contributed by atoms with van der Waals surface area (Å²) in [5.41, 5.74) is 0. The van der Waals surface area contributed by atoms with Crippen molar-refractivity contribution in [2.45, 2.75) is 5.25 Å². The average Bonchev–Trinajstić information content (AvgIpc) is 1.87. The lowest BCUT2D eigenvalue weighted by Crippen LogP contribution is -2.15. The van der Waals surface area contributed by atoms with Gasteiger partial charge >= 0.3 is 5.97 Å². The molecular formula is C5H10O3S2. The van der Waals surface area contributed by atoms with Crippen LogP contribution < -0.4 is 0 Å². The maximum absolute atomic E-state index is 9.90. The molecule has 0 aromatic heterocycles. The Morgan fingerprint density at radius 2 is 2.30 bits per heavy atom. The van der Waals surface area contributed by atoms with Crippen LogP contribution in [0.15, 0.2) is 0 Å². The number of hydrogen-bond acceptors (Lipinski definition) is 4. The molecule has 0 aliphatic carbocycles. The van der Waals surface area contributed by atoms with Gasteiger partial charge in [0, 0.05) is 11.0 Å². The van der Waals surface area contributed by atoms with Crippen LogP contribution in [0.2, 0.25) is 0 Å². The molecule has 60 valence electrons. The fourth-order valence-electron chi connectivity index (χ4n) is 0.335. The van der Waals surface area contributed by atoms with E-state index in [0.717, 1.165) is 0 Å². The third kappa shape index (κ3) is 6.25. The second-order valence-electron chi connectivity index (χ2n) is 1.75. The van der Waals surface area contributed by atoms with Gasteiger partial charge in [0.2, 0.25) is 0 Å². The molecule has 0 amide bonds. The van der Waals surface area contributed by atoms with Crippen molar-refractivity contribution in [3.05, 3.63) is 0 Å². The maximum atomic E-state index is 9.90. The van der Waals surface area contributed by atoms with Crippen LogP contribution >= 0.6 is 25.3 Å². The third-order valence-electron chi connectivity index (χ3n) is 0.747. The molecule has 0 saturated heterocycles. The molecule has 0 spiro atoms.